The molecule has 0 aliphatic heterocycles. The van der Waals surface area contributed by atoms with Crippen LogP contribution in [-0.4, -0.2) is 12.5 Å². The molecule has 110 valence electrons. The Labute approximate surface area is 126 Å². The lowest BCUT2D eigenvalue weighted by Gasteiger charge is -2.14. The molecule has 1 amide bonds. The number of carbonyl (C=O) groups excluding carboxylic acids is 1. The SMILES string of the molecule is CCCOc1ccccc1C(=O)Nc1c(C)cccc1C. The minimum absolute atomic E-state index is 0.140. The van der Waals surface area contributed by atoms with E-state index >= 15 is 0 Å². The molecular formula is C18H21NO2. The molecule has 0 saturated heterocycles. The van der Waals surface area contributed by atoms with Crippen molar-refractivity contribution in [2.24, 2.45) is 0 Å². The molecule has 0 unspecified atom stereocenters. The molecule has 3 heteroatoms. The van der Waals surface area contributed by atoms with E-state index in [9.17, 15) is 4.79 Å². The number of amides is 1. The summed E-state index contributed by atoms with van der Waals surface area (Å²) in [7, 11) is 0. The van der Waals surface area contributed by atoms with Gasteiger partial charge in [-0.05, 0) is 43.5 Å². The van der Waals surface area contributed by atoms with Gasteiger partial charge in [0.25, 0.3) is 5.91 Å². The summed E-state index contributed by atoms with van der Waals surface area (Å²) in [6.07, 6.45) is 0.910. The van der Waals surface area contributed by atoms with E-state index in [4.69, 9.17) is 4.74 Å². The molecule has 3 nitrogen and oxygen atoms in total. The van der Waals surface area contributed by atoms with E-state index < -0.39 is 0 Å². The van der Waals surface area contributed by atoms with Crippen molar-refractivity contribution in [1.82, 2.24) is 0 Å². The van der Waals surface area contributed by atoms with Gasteiger partial charge in [0.15, 0.2) is 0 Å². The topological polar surface area (TPSA) is 38.3 Å². The maximum absolute atomic E-state index is 12.5. The Morgan fingerprint density at radius 3 is 2.38 bits per heavy atom. The van der Waals surface area contributed by atoms with E-state index in [1.165, 1.54) is 0 Å². The molecule has 1 N–H and O–H groups in total. The first kappa shape index (κ1) is 15.1. The molecule has 0 fully saturated rings. The molecule has 2 aromatic carbocycles. The van der Waals surface area contributed by atoms with Gasteiger partial charge in [0.2, 0.25) is 0 Å². The third-order valence-corrected chi connectivity index (χ3v) is 3.31. The molecule has 0 aromatic heterocycles. The fourth-order valence-corrected chi connectivity index (χ4v) is 2.18. The summed E-state index contributed by atoms with van der Waals surface area (Å²) in [6, 6.07) is 13.3. The van der Waals surface area contributed by atoms with Crippen LogP contribution in [0.4, 0.5) is 5.69 Å². The van der Waals surface area contributed by atoms with Crippen molar-refractivity contribution in [3.63, 3.8) is 0 Å². The molecule has 0 spiro atoms. The smallest absolute Gasteiger partial charge is 0.259 e. The largest absolute Gasteiger partial charge is 0.493 e. The Balaban J connectivity index is 2.25. The summed E-state index contributed by atoms with van der Waals surface area (Å²) in [5.41, 5.74) is 3.53. The highest BCUT2D eigenvalue weighted by Crippen LogP contribution is 2.23. The Kier molecular flexibility index (Phi) is 4.99. The maximum atomic E-state index is 12.5. The third kappa shape index (κ3) is 3.63. The normalized spacial score (nSPS) is 10.2. The quantitative estimate of drug-likeness (QED) is 0.886. The lowest BCUT2D eigenvalue weighted by Crippen LogP contribution is -2.15. The molecule has 0 atom stereocenters. The lowest BCUT2D eigenvalue weighted by atomic mass is 10.1. The third-order valence-electron chi connectivity index (χ3n) is 3.31. The molecule has 0 heterocycles. The Bertz CT molecular complexity index is 615. The highest BCUT2D eigenvalue weighted by molar-refractivity contribution is 6.06. The highest BCUT2D eigenvalue weighted by Gasteiger charge is 2.14. The summed E-state index contributed by atoms with van der Waals surface area (Å²) >= 11 is 0. The van der Waals surface area contributed by atoms with Gasteiger partial charge in [-0.2, -0.15) is 0 Å². The highest BCUT2D eigenvalue weighted by atomic mass is 16.5. The number of hydrogen-bond donors (Lipinski definition) is 1. The number of carbonyl (C=O) groups is 1. The predicted molar refractivity (Wildman–Crippen MR) is 86.1 cm³/mol. The molecule has 21 heavy (non-hydrogen) atoms. The maximum Gasteiger partial charge on any atom is 0.259 e. The van der Waals surface area contributed by atoms with Crippen molar-refractivity contribution >= 4 is 11.6 Å². The zero-order valence-corrected chi connectivity index (χ0v) is 12.8. The first-order chi connectivity index (χ1) is 10.1. The first-order valence-electron chi connectivity index (χ1n) is 7.23. The van der Waals surface area contributed by atoms with Crippen molar-refractivity contribution < 1.29 is 9.53 Å². The van der Waals surface area contributed by atoms with Gasteiger partial charge in [-0.3, -0.25) is 4.79 Å². The monoisotopic (exact) mass is 283 g/mol. The van der Waals surface area contributed by atoms with Crippen LogP contribution in [0.5, 0.6) is 5.75 Å². The van der Waals surface area contributed by atoms with Crippen molar-refractivity contribution in [2.45, 2.75) is 27.2 Å². The number of hydrogen-bond acceptors (Lipinski definition) is 2. The number of ether oxygens (including phenoxy) is 1. The van der Waals surface area contributed by atoms with E-state index in [-0.39, 0.29) is 5.91 Å². The summed E-state index contributed by atoms with van der Waals surface area (Å²) in [4.78, 5) is 12.5. The van der Waals surface area contributed by atoms with Crippen LogP contribution in [-0.2, 0) is 0 Å². The van der Waals surface area contributed by atoms with Gasteiger partial charge < -0.3 is 10.1 Å². The molecule has 0 aliphatic carbocycles. The zero-order chi connectivity index (χ0) is 15.2. The Morgan fingerprint density at radius 2 is 1.71 bits per heavy atom. The molecule has 2 rings (SSSR count). The van der Waals surface area contributed by atoms with Gasteiger partial charge in [0.05, 0.1) is 12.2 Å². The van der Waals surface area contributed by atoms with Gasteiger partial charge in [-0.15, -0.1) is 0 Å². The molecular weight excluding hydrogens is 262 g/mol. The van der Waals surface area contributed by atoms with Crippen LogP contribution in [0.2, 0.25) is 0 Å². The number of benzene rings is 2. The van der Waals surface area contributed by atoms with E-state index in [0.29, 0.717) is 17.9 Å². The van der Waals surface area contributed by atoms with E-state index in [0.717, 1.165) is 23.2 Å². The van der Waals surface area contributed by atoms with E-state index in [1.54, 1.807) is 6.07 Å². The van der Waals surface area contributed by atoms with Crippen LogP contribution in [0.25, 0.3) is 0 Å². The van der Waals surface area contributed by atoms with Crippen molar-refractivity contribution in [1.29, 1.82) is 0 Å². The van der Waals surface area contributed by atoms with Gasteiger partial charge in [-0.1, -0.05) is 37.3 Å². The van der Waals surface area contributed by atoms with Crippen LogP contribution >= 0.6 is 0 Å². The molecule has 2 aromatic rings. The molecule has 0 bridgehead atoms. The molecule has 0 aliphatic rings. The number of rotatable bonds is 5. The zero-order valence-electron chi connectivity index (χ0n) is 12.8. The summed E-state index contributed by atoms with van der Waals surface area (Å²) in [5.74, 6) is 0.488. The van der Waals surface area contributed by atoms with Crippen LogP contribution in [0.3, 0.4) is 0 Å². The van der Waals surface area contributed by atoms with Crippen LogP contribution in [0.15, 0.2) is 42.5 Å². The second kappa shape index (κ2) is 6.93. The predicted octanol–water partition coefficient (Wildman–Crippen LogP) is 4.34. The number of nitrogens with one attached hydrogen (secondary N) is 1. The second-order valence-electron chi connectivity index (χ2n) is 5.07. The minimum Gasteiger partial charge on any atom is -0.493 e. The van der Waals surface area contributed by atoms with Crippen molar-refractivity contribution in [2.75, 3.05) is 11.9 Å². The molecule has 0 radical (unpaired) electrons. The minimum atomic E-state index is -0.140. The van der Waals surface area contributed by atoms with Crippen LogP contribution < -0.4 is 10.1 Å². The number of para-hydroxylation sites is 2. The molecule has 0 saturated carbocycles. The fraction of sp³-hybridized carbons (Fsp3) is 0.278. The standard InChI is InChI=1S/C18H21NO2/c1-4-12-21-16-11-6-5-10-15(16)18(20)19-17-13(2)8-7-9-14(17)3/h5-11H,4,12H2,1-3H3,(H,19,20). The van der Waals surface area contributed by atoms with Crippen molar-refractivity contribution in [3.8, 4) is 5.75 Å². The summed E-state index contributed by atoms with van der Waals surface area (Å²) < 4.78 is 5.64. The van der Waals surface area contributed by atoms with E-state index in [2.05, 4.69) is 5.32 Å². The summed E-state index contributed by atoms with van der Waals surface area (Å²) in [5, 5.41) is 2.99. The summed E-state index contributed by atoms with van der Waals surface area (Å²) in [6.45, 7) is 6.62. The second-order valence-corrected chi connectivity index (χ2v) is 5.07. The first-order valence-corrected chi connectivity index (χ1v) is 7.23. The average molecular weight is 283 g/mol. The van der Waals surface area contributed by atoms with Crippen LogP contribution in [0, 0.1) is 13.8 Å². The average Bonchev–Trinajstić information content (AvgIpc) is 2.49. The lowest BCUT2D eigenvalue weighted by molar-refractivity contribution is 0.102. The Morgan fingerprint density at radius 1 is 1.05 bits per heavy atom. The van der Waals surface area contributed by atoms with Gasteiger partial charge in [0.1, 0.15) is 5.75 Å². The van der Waals surface area contributed by atoms with Crippen LogP contribution in [0.1, 0.15) is 34.8 Å². The van der Waals surface area contributed by atoms with Gasteiger partial charge >= 0.3 is 0 Å². The number of aryl methyl sites for hydroxylation is 2. The number of anilines is 1. The van der Waals surface area contributed by atoms with E-state index in [1.807, 2.05) is 57.2 Å². The van der Waals surface area contributed by atoms with Gasteiger partial charge in [-0.25, -0.2) is 0 Å². The van der Waals surface area contributed by atoms with Crippen molar-refractivity contribution in [3.05, 3.63) is 59.2 Å². The van der Waals surface area contributed by atoms with Gasteiger partial charge in [0, 0.05) is 5.69 Å². The fourth-order valence-electron chi connectivity index (χ4n) is 2.18. The Hall–Kier alpha value is -2.29.